The van der Waals surface area contributed by atoms with Crippen LogP contribution in [0, 0.1) is 23.7 Å². The summed E-state index contributed by atoms with van der Waals surface area (Å²) in [7, 11) is 0. The number of benzene rings is 2. The zero-order chi connectivity index (χ0) is 29.1. The van der Waals surface area contributed by atoms with Crippen molar-refractivity contribution in [1.82, 2.24) is 25.2 Å². The first-order valence-corrected chi connectivity index (χ1v) is 14.2. The molecule has 3 fully saturated rings. The van der Waals surface area contributed by atoms with E-state index < -0.39 is 41.0 Å². The molecule has 1 spiro atoms. The van der Waals surface area contributed by atoms with Crippen molar-refractivity contribution in [3.63, 3.8) is 0 Å². The number of nitrogens with zero attached hydrogens (tertiary/aromatic N) is 4. The van der Waals surface area contributed by atoms with Gasteiger partial charge in [-0.1, -0.05) is 56.3 Å². The van der Waals surface area contributed by atoms with Gasteiger partial charge in [0.2, 0.25) is 17.7 Å². The van der Waals surface area contributed by atoms with Crippen molar-refractivity contribution in [3.05, 3.63) is 54.6 Å². The summed E-state index contributed by atoms with van der Waals surface area (Å²) in [4.78, 5) is 43.9. The first-order valence-electron chi connectivity index (χ1n) is 14.2. The molecule has 1 aromatic heterocycles. The third-order valence-corrected chi connectivity index (χ3v) is 9.46. The molecule has 4 heterocycles. The molecule has 11 heteroatoms. The van der Waals surface area contributed by atoms with Gasteiger partial charge < -0.3 is 25.4 Å². The molecular weight excluding hydrogens is 524 g/mol. The Bertz CT molecular complexity index is 1490. The van der Waals surface area contributed by atoms with Gasteiger partial charge in [-0.05, 0) is 49.4 Å². The Morgan fingerprint density at radius 2 is 1.83 bits per heavy atom. The van der Waals surface area contributed by atoms with E-state index in [4.69, 9.17) is 4.74 Å². The molecule has 3 N–H and O–H groups in total. The second-order valence-electron chi connectivity index (χ2n) is 12.1. The van der Waals surface area contributed by atoms with Crippen LogP contribution in [-0.4, -0.2) is 72.6 Å². The number of nitrogens with one attached hydrogen (secondary N) is 2. The van der Waals surface area contributed by atoms with Crippen LogP contribution in [0.4, 0.5) is 5.69 Å². The second kappa shape index (κ2) is 9.92. The van der Waals surface area contributed by atoms with Crippen LogP contribution in [0.25, 0.3) is 11.0 Å². The summed E-state index contributed by atoms with van der Waals surface area (Å²) in [5.41, 5.74) is -0.0859. The number of rotatable bonds is 8. The number of likely N-dealkylation sites (tertiary alicyclic amines) is 1. The zero-order valence-corrected chi connectivity index (χ0v) is 23.7. The Labute approximate surface area is 238 Å². The van der Waals surface area contributed by atoms with Crippen molar-refractivity contribution >= 4 is 34.4 Å². The molecule has 0 aliphatic carbocycles. The van der Waals surface area contributed by atoms with Gasteiger partial charge >= 0.3 is 0 Å². The minimum absolute atomic E-state index is 0.0365. The first-order chi connectivity index (χ1) is 19.6. The van der Waals surface area contributed by atoms with Crippen LogP contribution in [0.5, 0.6) is 0 Å². The van der Waals surface area contributed by atoms with Crippen LogP contribution in [0.1, 0.15) is 34.1 Å². The highest BCUT2D eigenvalue weighted by Crippen LogP contribution is 2.65. The minimum Gasteiger partial charge on any atom is -0.394 e. The molecule has 11 nitrogen and oxygen atoms in total. The van der Waals surface area contributed by atoms with E-state index in [2.05, 4.69) is 20.9 Å². The minimum atomic E-state index is -1.22. The number of aliphatic hydroxyl groups excluding tert-OH is 1. The zero-order valence-electron chi connectivity index (χ0n) is 23.7. The first kappa shape index (κ1) is 27.3. The number of aromatic nitrogens is 3. The molecule has 3 aliphatic heterocycles. The molecule has 7 atom stereocenters. The number of ether oxygens (including phenoxy) is 1. The predicted molar refractivity (Wildman–Crippen MR) is 150 cm³/mol. The Kier molecular flexibility index (Phi) is 6.61. The smallest absolute Gasteiger partial charge is 0.247 e. The lowest BCUT2D eigenvalue weighted by Crippen LogP contribution is -2.59. The number of amides is 3. The van der Waals surface area contributed by atoms with E-state index in [1.807, 2.05) is 70.2 Å². The largest absolute Gasteiger partial charge is 0.394 e. The Hall–Kier alpha value is -3.83. The lowest BCUT2D eigenvalue weighted by atomic mass is 9.62. The average Bonchev–Trinajstić information content (AvgIpc) is 3.62. The number of aliphatic hydroxyl groups is 1. The van der Waals surface area contributed by atoms with Crippen LogP contribution in [-0.2, 0) is 25.8 Å². The number of carbonyl (C=O) groups is 3. The average molecular weight is 561 g/mol. The molecule has 2 aromatic carbocycles. The fourth-order valence-corrected chi connectivity index (χ4v) is 7.38. The molecule has 3 aromatic rings. The third kappa shape index (κ3) is 4.05. The molecule has 3 aliphatic rings. The maximum Gasteiger partial charge on any atom is 0.247 e. The van der Waals surface area contributed by atoms with Gasteiger partial charge in [0.05, 0.1) is 35.6 Å². The number of anilines is 1. The van der Waals surface area contributed by atoms with E-state index in [1.165, 1.54) is 4.90 Å². The van der Waals surface area contributed by atoms with Gasteiger partial charge in [-0.3, -0.25) is 14.4 Å². The van der Waals surface area contributed by atoms with Crippen molar-refractivity contribution in [2.75, 3.05) is 11.9 Å². The number of fused-ring (bicyclic) bond motifs is 2. The molecule has 216 valence electrons. The topological polar surface area (TPSA) is 139 Å². The van der Waals surface area contributed by atoms with Crippen LogP contribution >= 0.6 is 0 Å². The third-order valence-electron chi connectivity index (χ3n) is 9.46. The van der Waals surface area contributed by atoms with Gasteiger partial charge in [0.1, 0.15) is 23.8 Å². The lowest BCUT2D eigenvalue weighted by Gasteiger charge is -2.38. The number of hydrogen-bond donors (Lipinski definition) is 3. The molecule has 41 heavy (non-hydrogen) atoms. The van der Waals surface area contributed by atoms with Crippen LogP contribution in [0.2, 0.25) is 0 Å². The van der Waals surface area contributed by atoms with Gasteiger partial charge in [-0.15, -0.1) is 5.10 Å². The summed E-state index contributed by atoms with van der Waals surface area (Å²) < 4.78 is 8.36. The summed E-state index contributed by atoms with van der Waals surface area (Å²) in [5.74, 6) is -3.00. The molecular formula is C30H36N6O5. The molecule has 2 bridgehead atoms. The number of hydrogen-bond acceptors (Lipinski definition) is 7. The molecule has 0 radical (unpaired) electrons. The number of para-hydroxylation sites is 2. The van der Waals surface area contributed by atoms with Crippen molar-refractivity contribution in [3.8, 4) is 0 Å². The second-order valence-corrected chi connectivity index (χ2v) is 12.1. The molecule has 3 amide bonds. The van der Waals surface area contributed by atoms with Gasteiger partial charge in [-0.2, -0.15) is 0 Å². The Morgan fingerprint density at radius 1 is 1.12 bits per heavy atom. The van der Waals surface area contributed by atoms with Crippen LogP contribution in [0.3, 0.4) is 0 Å². The summed E-state index contributed by atoms with van der Waals surface area (Å²) in [6.45, 7) is 7.40. The van der Waals surface area contributed by atoms with Crippen LogP contribution < -0.4 is 10.6 Å². The fraction of sp³-hybridized carbons (Fsp3) is 0.500. The Balaban J connectivity index is 1.37. The highest BCUT2D eigenvalue weighted by Gasteiger charge is 2.80. The predicted octanol–water partition coefficient (Wildman–Crippen LogP) is 2.17. The normalized spacial score (nSPS) is 31.1. The molecule has 6 rings (SSSR count). The summed E-state index contributed by atoms with van der Waals surface area (Å²) >= 11 is 0. The summed E-state index contributed by atoms with van der Waals surface area (Å²) in [6, 6.07) is 14.9. The van der Waals surface area contributed by atoms with Crippen molar-refractivity contribution in [1.29, 1.82) is 0 Å². The molecule has 3 unspecified atom stereocenters. The standard InChI is InChI=1S/C30H36N6O5/c1-17(2)22(15-37)36-25(27(39)31-16-35-21-13-9-8-12-20(21)33-34-35)30-14-18(3)29(4,41-30)23(24(30)28(36)40)26(38)32-19-10-6-5-7-11-19/h5-13,17-18,22-25,37H,14-16H2,1-4H3,(H,31,39)(H,32,38)/t18?,22-,23-,24-,25?,29+,30?/m0/s1. The maximum absolute atomic E-state index is 14.4. The van der Waals surface area contributed by atoms with Gasteiger partial charge in [0.25, 0.3) is 0 Å². The van der Waals surface area contributed by atoms with E-state index >= 15 is 0 Å². The van der Waals surface area contributed by atoms with Crippen molar-refractivity contribution in [2.45, 2.75) is 64.1 Å². The monoisotopic (exact) mass is 560 g/mol. The van der Waals surface area contributed by atoms with Crippen molar-refractivity contribution < 1.29 is 24.2 Å². The molecule has 0 saturated carbocycles. The Morgan fingerprint density at radius 3 is 2.54 bits per heavy atom. The molecule has 3 saturated heterocycles. The maximum atomic E-state index is 14.4. The summed E-state index contributed by atoms with van der Waals surface area (Å²) in [6.07, 6.45) is 0.437. The highest BCUT2D eigenvalue weighted by molar-refractivity contribution is 6.02. The van der Waals surface area contributed by atoms with Gasteiger partial charge in [0, 0.05) is 5.69 Å². The number of carbonyl (C=O) groups excluding carboxylic acids is 3. The van der Waals surface area contributed by atoms with Gasteiger partial charge in [-0.25, -0.2) is 4.68 Å². The van der Waals surface area contributed by atoms with E-state index in [1.54, 1.807) is 16.8 Å². The van der Waals surface area contributed by atoms with E-state index in [-0.39, 0.29) is 36.9 Å². The quantitative estimate of drug-likeness (QED) is 0.384. The fourth-order valence-electron chi connectivity index (χ4n) is 7.38. The van der Waals surface area contributed by atoms with Crippen molar-refractivity contribution in [2.24, 2.45) is 23.7 Å². The van der Waals surface area contributed by atoms with E-state index in [9.17, 15) is 19.5 Å². The van der Waals surface area contributed by atoms with Gasteiger partial charge in [0.15, 0.2) is 0 Å². The lowest BCUT2D eigenvalue weighted by molar-refractivity contribution is -0.151. The van der Waals surface area contributed by atoms with E-state index in [0.29, 0.717) is 17.6 Å². The van der Waals surface area contributed by atoms with E-state index in [0.717, 1.165) is 5.52 Å². The van der Waals surface area contributed by atoms with Crippen LogP contribution in [0.15, 0.2) is 54.6 Å². The highest BCUT2D eigenvalue weighted by atomic mass is 16.5. The SMILES string of the molecule is CC(C)[C@H](CO)N1C(=O)[C@@H]2[C@@H](C(=O)Nc3ccccc3)[C@]3(C)OC2(CC3C)C1C(=O)NCn1nnc2ccccc21. The summed E-state index contributed by atoms with van der Waals surface area (Å²) in [5, 5.41) is 24.7.